The molecule has 76 valence electrons. The Labute approximate surface area is 92.9 Å². The molecule has 2 aromatic rings. The van der Waals surface area contributed by atoms with Crippen molar-refractivity contribution in [3.63, 3.8) is 0 Å². The van der Waals surface area contributed by atoms with E-state index in [1.54, 1.807) is 18.5 Å². The van der Waals surface area contributed by atoms with Gasteiger partial charge in [-0.3, -0.25) is 4.98 Å². The van der Waals surface area contributed by atoms with Gasteiger partial charge < -0.3 is 5.73 Å². The fraction of sp³-hybridized carbons (Fsp3) is 0.0909. The molecule has 3 nitrogen and oxygen atoms in total. The molecule has 0 fully saturated rings. The first-order valence-corrected chi connectivity index (χ1v) is 4.88. The van der Waals surface area contributed by atoms with E-state index in [2.05, 4.69) is 9.97 Å². The zero-order valence-electron chi connectivity index (χ0n) is 8.24. The summed E-state index contributed by atoms with van der Waals surface area (Å²) in [5.41, 5.74) is 8.68. The molecule has 0 atom stereocenters. The Morgan fingerprint density at radius 2 is 2.07 bits per heavy atom. The van der Waals surface area contributed by atoms with Crippen LogP contribution in [0.2, 0.25) is 5.02 Å². The lowest BCUT2D eigenvalue weighted by molar-refractivity contribution is 1.27. The van der Waals surface area contributed by atoms with Gasteiger partial charge in [0, 0.05) is 29.7 Å². The molecule has 0 saturated carbocycles. The first-order valence-electron chi connectivity index (χ1n) is 4.50. The maximum absolute atomic E-state index is 5.88. The van der Waals surface area contributed by atoms with Crippen molar-refractivity contribution in [2.24, 2.45) is 0 Å². The van der Waals surface area contributed by atoms with Crippen LogP contribution in [-0.4, -0.2) is 9.97 Å². The lowest BCUT2D eigenvalue weighted by Gasteiger charge is -2.07. The minimum atomic E-state index is 0.468. The Bertz CT molecular complexity index is 497. The van der Waals surface area contributed by atoms with Gasteiger partial charge in [0.15, 0.2) is 0 Å². The average molecular weight is 220 g/mol. The summed E-state index contributed by atoms with van der Waals surface area (Å²) in [4.78, 5) is 8.08. The Hall–Kier alpha value is -1.61. The highest BCUT2D eigenvalue weighted by Gasteiger charge is 2.07. The summed E-state index contributed by atoms with van der Waals surface area (Å²) < 4.78 is 0. The van der Waals surface area contributed by atoms with Crippen LogP contribution in [0.4, 0.5) is 5.82 Å². The molecule has 0 saturated heterocycles. The van der Waals surface area contributed by atoms with Crippen molar-refractivity contribution in [3.05, 3.63) is 41.3 Å². The first-order chi connectivity index (χ1) is 7.18. The third kappa shape index (κ3) is 1.92. The van der Waals surface area contributed by atoms with Crippen LogP contribution >= 0.6 is 11.6 Å². The topological polar surface area (TPSA) is 51.8 Å². The van der Waals surface area contributed by atoms with Gasteiger partial charge in [-0.1, -0.05) is 11.6 Å². The molecule has 2 heterocycles. The average Bonchev–Trinajstić information content (AvgIpc) is 2.23. The predicted molar refractivity (Wildman–Crippen MR) is 61.6 cm³/mol. The van der Waals surface area contributed by atoms with E-state index in [0.717, 1.165) is 16.7 Å². The Morgan fingerprint density at radius 3 is 2.80 bits per heavy atom. The van der Waals surface area contributed by atoms with Crippen molar-refractivity contribution in [1.29, 1.82) is 0 Å². The van der Waals surface area contributed by atoms with E-state index in [1.165, 1.54) is 6.20 Å². The van der Waals surface area contributed by atoms with Crippen molar-refractivity contribution in [3.8, 4) is 11.1 Å². The number of halogens is 1. The second-order valence-electron chi connectivity index (χ2n) is 3.28. The maximum Gasteiger partial charge on any atom is 0.131 e. The summed E-state index contributed by atoms with van der Waals surface area (Å²) >= 11 is 5.88. The van der Waals surface area contributed by atoms with E-state index < -0.39 is 0 Å². The van der Waals surface area contributed by atoms with Crippen LogP contribution in [-0.2, 0) is 0 Å². The number of aryl methyl sites for hydroxylation is 1. The summed E-state index contributed by atoms with van der Waals surface area (Å²) in [7, 11) is 0. The Morgan fingerprint density at radius 1 is 1.27 bits per heavy atom. The van der Waals surface area contributed by atoms with Gasteiger partial charge in [-0.25, -0.2) is 4.98 Å². The number of hydrogen-bond acceptors (Lipinski definition) is 3. The number of anilines is 1. The number of pyridine rings is 2. The zero-order valence-corrected chi connectivity index (χ0v) is 8.99. The summed E-state index contributed by atoms with van der Waals surface area (Å²) in [5, 5.41) is 0.572. The maximum atomic E-state index is 5.88. The van der Waals surface area contributed by atoms with Crippen LogP contribution in [0.3, 0.4) is 0 Å². The van der Waals surface area contributed by atoms with Gasteiger partial charge in [0.25, 0.3) is 0 Å². The molecular weight excluding hydrogens is 210 g/mol. The number of nitrogen functional groups attached to an aromatic ring is 1. The van der Waals surface area contributed by atoms with Gasteiger partial charge in [0.2, 0.25) is 0 Å². The summed E-state index contributed by atoms with van der Waals surface area (Å²) in [6.07, 6.45) is 5.04. The lowest BCUT2D eigenvalue weighted by atomic mass is 10.0. The summed E-state index contributed by atoms with van der Waals surface area (Å²) in [6.45, 7) is 2.00. The molecule has 2 rings (SSSR count). The number of hydrogen-bond donors (Lipinski definition) is 1. The molecule has 0 amide bonds. The molecular formula is C11H10ClN3. The van der Waals surface area contributed by atoms with Crippen LogP contribution in [0.5, 0.6) is 0 Å². The van der Waals surface area contributed by atoms with Crippen molar-refractivity contribution < 1.29 is 0 Å². The molecule has 0 aromatic carbocycles. The Balaban J connectivity index is 2.64. The first kappa shape index (κ1) is 9.93. The van der Waals surface area contributed by atoms with E-state index in [0.29, 0.717) is 10.8 Å². The van der Waals surface area contributed by atoms with Crippen molar-refractivity contribution in [1.82, 2.24) is 9.97 Å². The fourth-order valence-corrected chi connectivity index (χ4v) is 1.57. The van der Waals surface area contributed by atoms with Gasteiger partial charge in [0.05, 0.1) is 5.02 Å². The van der Waals surface area contributed by atoms with E-state index >= 15 is 0 Å². The smallest absolute Gasteiger partial charge is 0.131 e. The normalized spacial score (nSPS) is 10.3. The van der Waals surface area contributed by atoms with Gasteiger partial charge in [-0.15, -0.1) is 0 Å². The molecule has 2 N–H and O–H groups in total. The van der Waals surface area contributed by atoms with Gasteiger partial charge in [0.1, 0.15) is 5.82 Å². The highest BCUT2D eigenvalue weighted by atomic mass is 35.5. The minimum Gasteiger partial charge on any atom is -0.383 e. The number of nitrogens with zero attached hydrogens (tertiary/aromatic N) is 2. The third-order valence-electron chi connectivity index (χ3n) is 2.21. The molecule has 0 unspecified atom stereocenters. The third-order valence-corrected chi connectivity index (χ3v) is 2.42. The standard InChI is InChI=1S/C11H10ClN3/c1-7-2-3-14-6-10(7)9-4-8(12)5-15-11(9)13/h2-6H,1H3,(H2,13,15). The molecule has 0 radical (unpaired) electrons. The van der Waals surface area contributed by atoms with Gasteiger partial charge in [-0.2, -0.15) is 0 Å². The second-order valence-corrected chi connectivity index (χ2v) is 3.71. The fourth-order valence-electron chi connectivity index (χ4n) is 1.41. The van der Waals surface area contributed by atoms with Crippen LogP contribution in [0.15, 0.2) is 30.7 Å². The van der Waals surface area contributed by atoms with E-state index in [1.807, 2.05) is 13.0 Å². The van der Waals surface area contributed by atoms with Gasteiger partial charge in [-0.05, 0) is 24.6 Å². The molecule has 2 aromatic heterocycles. The molecule has 0 bridgehead atoms. The second kappa shape index (κ2) is 3.87. The highest BCUT2D eigenvalue weighted by molar-refractivity contribution is 6.30. The van der Waals surface area contributed by atoms with Crippen molar-refractivity contribution >= 4 is 17.4 Å². The van der Waals surface area contributed by atoms with Crippen LogP contribution in [0.1, 0.15) is 5.56 Å². The van der Waals surface area contributed by atoms with Crippen molar-refractivity contribution in [2.75, 3.05) is 5.73 Å². The largest absolute Gasteiger partial charge is 0.383 e. The van der Waals surface area contributed by atoms with Crippen LogP contribution in [0.25, 0.3) is 11.1 Å². The highest BCUT2D eigenvalue weighted by Crippen LogP contribution is 2.28. The molecule has 0 aliphatic rings. The summed E-state index contributed by atoms with van der Waals surface area (Å²) in [5.74, 6) is 0.468. The molecule has 0 aliphatic heterocycles. The SMILES string of the molecule is Cc1ccncc1-c1cc(Cl)cnc1N. The van der Waals surface area contributed by atoms with E-state index in [9.17, 15) is 0 Å². The quantitative estimate of drug-likeness (QED) is 0.802. The number of aromatic nitrogens is 2. The van der Waals surface area contributed by atoms with Crippen molar-refractivity contribution in [2.45, 2.75) is 6.92 Å². The zero-order chi connectivity index (χ0) is 10.8. The molecule has 4 heteroatoms. The number of nitrogens with two attached hydrogens (primary N) is 1. The van der Waals surface area contributed by atoms with Crippen LogP contribution < -0.4 is 5.73 Å². The van der Waals surface area contributed by atoms with E-state index in [4.69, 9.17) is 17.3 Å². The predicted octanol–water partition coefficient (Wildman–Crippen LogP) is 2.69. The molecule has 15 heavy (non-hydrogen) atoms. The van der Waals surface area contributed by atoms with E-state index in [-0.39, 0.29) is 0 Å². The van der Waals surface area contributed by atoms with Gasteiger partial charge >= 0.3 is 0 Å². The molecule has 0 spiro atoms. The lowest BCUT2D eigenvalue weighted by Crippen LogP contribution is -1.95. The monoisotopic (exact) mass is 219 g/mol. The summed E-state index contributed by atoms with van der Waals surface area (Å²) in [6, 6.07) is 3.73. The minimum absolute atomic E-state index is 0.468. The Kier molecular flexibility index (Phi) is 2.56. The molecule has 0 aliphatic carbocycles. The number of rotatable bonds is 1. The van der Waals surface area contributed by atoms with Crippen LogP contribution in [0, 0.1) is 6.92 Å².